The number of nitrogens with zero attached hydrogens (tertiary/aromatic N) is 2. The fraction of sp³-hybridized carbons (Fsp3) is 0.185. The maximum atomic E-state index is 12.9. The van der Waals surface area contributed by atoms with Gasteiger partial charge in [0, 0.05) is 22.4 Å². The van der Waals surface area contributed by atoms with Crippen LogP contribution in [-0.4, -0.2) is 30.1 Å². The summed E-state index contributed by atoms with van der Waals surface area (Å²) in [5.41, 5.74) is 3.80. The summed E-state index contributed by atoms with van der Waals surface area (Å²) in [6, 6.07) is 23.4. The molecule has 0 fully saturated rings. The van der Waals surface area contributed by atoms with E-state index < -0.39 is 6.10 Å². The first-order valence-corrected chi connectivity index (χ1v) is 12.3. The zero-order chi connectivity index (χ0) is 23.5. The third kappa shape index (κ3) is 4.93. The molecule has 1 atom stereocenters. The van der Waals surface area contributed by atoms with Crippen LogP contribution >= 0.6 is 22.9 Å². The molecule has 34 heavy (non-hydrogen) atoms. The number of anilines is 1. The highest BCUT2D eigenvalue weighted by Gasteiger charge is 2.31. The van der Waals surface area contributed by atoms with Gasteiger partial charge in [-0.2, -0.15) is 0 Å². The van der Waals surface area contributed by atoms with Gasteiger partial charge in [0.25, 0.3) is 5.91 Å². The molecule has 4 aromatic rings. The largest absolute Gasteiger partial charge is 0.492 e. The van der Waals surface area contributed by atoms with Gasteiger partial charge in [0.05, 0.1) is 22.9 Å². The molecule has 172 valence electrons. The Morgan fingerprint density at radius 2 is 1.88 bits per heavy atom. The predicted molar refractivity (Wildman–Crippen MR) is 136 cm³/mol. The summed E-state index contributed by atoms with van der Waals surface area (Å²) in [6.07, 6.45) is 0.245. The van der Waals surface area contributed by atoms with Crippen molar-refractivity contribution in [3.63, 3.8) is 0 Å². The third-order valence-electron chi connectivity index (χ3n) is 5.61. The van der Waals surface area contributed by atoms with Crippen LogP contribution in [0.2, 0.25) is 5.02 Å². The van der Waals surface area contributed by atoms with Crippen molar-refractivity contribution < 1.29 is 14.3 Å². The minimum atomic E-state index is -0.550. The molecule has 0 bridgehead atoms. The zero-order valence-corrected chi connectivity index (χ0v) is 20.2. The number of carbonyl (C=O) groups excluding carboxylic acids is 1. The Balaban J connectivity index is 1.35. The monoisotopic (exact) mass is 490 g/mol. The van der Waals surface area contributed by atoms with Crippen LogP contribution in [0.1, 0.15) is 17.5 Å². The van der Waals surface area contributed by atoms with Crippen LogP contribution in [0.25, 0.3) is 11.3 Å². The van der Waals surface area contributed by atoms with E-state index in [1.54, 1.807) is 35.3 Å². The normalized spacial score (nSPS) is 15.1. The van der Waals surface area contributed by atoms with Crippen molar-refractivity contribution in [3.05, 3.63) is 93.8 Å². The fourth-order valence-electron chi connectivity index (χ4n) is 3.88. The van der Waals surface area contributed by atoms with Gasteiger partial charge in [0.15, 0.2) is 6.10 Å². The molecule has 0 spiro atoms. The number of halogens is 1. The first-order valence-electron chi connectivity index (χ1n) is 11.1. The van der Waals surface area contributed by atoms with Crippen LogP contribution in [0.15, 0.2) is 78.2 Å². The summed E-state index contributed by atoms with van der Waals surface area (Å²) in [4.78, 5) is 19.5. The summed E-state index contributed by atoms with van der Waals surface area (Å²) in [6.45, 7) is 2.52. The molecule has 1 aliphatic rings. The standard InChI is InChI=1S/C27H23ClN2O3S/c1-18-27(31)30(13-14-32-22-10-8-21(28)9-11-22)24-16-20(7-12-25(24)33-18)23-17-34-26(29-23)15-19-5-3-2-4-6-19/h2-12,16-18H,13-15H2,1H3. The Kier molecular flexibility index (Phi) is 6.52. The van der Waals surface area contributed by atoms with E-state index in [4.69, 9.17) is 26.1 Å². The Hall–Kier alpha value is -3.35. The van der Waals surface area contributed by atoms with E-state index in [2.05, 4.69) is 17.5 Å². The smallest absolute Gasteiger partial charge is 0.267 e. The molecule has 0 radical (unpaired) electrons. The Labute approximate surface area is 207 Å². The zero-order valence-electron chi connectivity index (χ0n) is 18.6. The van der Waals surface area contributed by atoms with Gasteiger partial charge in [0.1, 0.15) is 18.1 Å². The van der Waals surface area contributed by atoms with E-state index in [0.717, 1.165) is 28.4 Å². The third-order valence-corrected chi connectivity index (χ3v) is 6.71. The van der Waals surface area contributed by atoms with Gasteiger partial charge < -0.3 is 14.4 Å². The van der Waals surface area contributed by atoms with Crippen molar-refractivity contribution in [1.29, 1.82) is 0 Å². The molecule has 0 saturated heterocycles. The molecule has 7 heteroatoms. The highest BCUT2D eigenvalue weighted by molar-refractivity contribution is 7.10. The lowest BCUT2D eigenvalue weighted by Gasteiger charge is -2.33. The minimum Gasteiger partial charge on any atom is -0.492 e. The number of aromatic nitrogens is 1. The number of fused-ring (bicyclic) bond motifs is 1. The van der Waals surface area contributed by atoms with Crippen molar-refractivity contribution in [1.82, 2.24) is 4.98 Å². The Morgan fingerprint density at radius 1 is 1.09 bits per heavy atom. The average Bonchev–Trinajstić information content (AvgIpc) is 3.31. The number of ether oxygens (including phenoxy) is 2. The quantitative estimate of drug-likeness (QED) is 0.307. The molecule has 3 aromatic carbocycles. The van der Waals surface area contributed by atoms with Gasteiger partial charge in [-0.3, -0.25) is 4.79 Å². The van der Waals surface area contributed by atoms with Crippen molar-refractivity contribution in [2.45, 2.75) is 19.4 Å². The van der Waals surface area contributed by atoms with Crippen molar-refractivity contribution in [2.75, 3.05) is 18.1 Å². The van der Waals surface area contributed by atoms with Crippen LogP contribution in [0.3, 0.4) is 0 Å². The molecule has 1 unspecified atom stereocenters. The molecule has 1 amide bonds. The number of thiazole rings is 1. The number of rotatable bonds is 7. The van der Waals surface area contributed by atoms with Crippen LogP contribution < -0.4 is 14.4 Å². The lowest BCUT2D eigenvalue weighted by Crippen LogP contribution is -2.46. The Morgan fingerprint density at radius 3 is 2.68 bits per heavy atom. The number of benzene rings is 3. The summed E-state index contributed by atoms with van der Waals surface area (Å²) in [5, 5.41) is 3.76. The first-order chi connectivity index (χ1) is 16.6. The molecular formula is C27H23ClN2O3S. The van der Waals surface area contributed by atoms with Crippen molar-refractivity contribution >= 4 is 34.5 Å². The minimum absolute atomic E-state index is 0.0904. The van der Waals surface area contributed by atoms with E-state index in [1.165, 1.54) is 5.56 Å². The van der Waals surface area contributed by atoms with E-state index in [-0.39, 0.29) is 5.91 Å². The molecule has 0 N–H and O–H groups in total. The van der Waals surface area contributed by atoms with E-state index in [1.807, 2.05) is 48.5 Å². The number of hydrogen-bond acceptors (Lipinski definition) is 5. The van der Waals surface area contributed by atoms with Crippen LogP contribution in [0.4, 0.5) is 5.69 Å². The summed E-state index contributed by atoms with van der Waals surface area (Å²) < 4.78 is 11.7. The maximum absolute atomic E-state index is 12.9. The number of carbonyl (C=O) groups is 1. The lowest BCUT2D eigenvalue weighted by atomic mass is 10.1. The Bertz CT molecular complexity index is 1290. The van der Waals surface area contributed by atoms with E-state index >= 15 is 0 Å². The highest BCUT2D eigenvalue weighted by Crippen LogP contribution is 2.38. The van der Waals surface area contributed by atoms with Crippen molar-refractivity contribution in [3.8, 4) is 22.8 Å². The molecule has 5 rings (SSSR count). The summed E-state index contributed by atoms with van der Waals surface area (Å²) >= 11 is 7.58. The SMILES string of the molecule is CC1Oc2ccc(-c3csc(Cc4ccccc4)n3)cc2N(CCOc2ccc(Cl)cc2)C1=O. The highest BCUT2D eigenvalue weighted by atomic mass is 35.5. The molecule has 5 nitrogen and oxygen atoms in total. The van der Waals surface area contributed by atoms with Crippen LogP contribution in [0, 0.1) is 0 Å². The summed E-state index contributed by atoms with van der Waals surface area (Å²) in [5.74, 6) is 1.30. The molecule has 2 heterocycles. The van der Waals surface area contributed by atoms with E-state index in [0.29, 0.717) is 29.7 Å². The van der Waals surface area contributed by atoms with E-state index in [9.17, 15) is 4.79 Å². The summed E-state index contributed by atoms with van der Waals surface area (Å²) in [7, 11) is 0. The fourth-order valence-corrected chi connectivity index (χ4v) is 4.84. The maximum Gasteiger partial charge on any atom is 0.267 e. The predicted octanol–water partition coefficient (Wildman–Crippen LogP) is 6.25. The lowest BCUT2D eigenvalue weighted by molar-refractivity contribution is -0.125. The number of hydrogen-bond donors (Lipinski definition) is 0. The second-order valence-corrected chi connectivity index (χ2v) is 9.40. The molecule has 0 saturated carbocycles. The average molecular weight is 491 g/mol. The first kappa shape index (κ1) is 22.4. The van der Waals surface area contributed by atoms with Gasteiger partial charge in [-0.05, 0) is 55.0 Å². The van der Waals surface area contributed by atoms with Crippen LogP contribution in [0.5, 0.6) is 11.5 Å². The molecule has 0 aliphatic carbocycles. The molecule has 1 aromatic heterocycles. The van der Waals surface area contributed by atoms with Gasteiger partial charge in [0.2, 0.25) is 0 Å². The molecule has 1 aliphatic heterocycles. The van der Waals surface area contributed by atoms with Gasteiger partial charge in [-0.1, -0.05) is 41.9 Å². The number of amides is 1. The van der Waals surface area contributed by atoms with Crippen molar-refractivity contribution in [2.24, 2.45) is 0 Å². The second kappa shape index (κ2) is 9.87. The topological polar surface area (TPSA) is 51.7 Å². The second-order valence-electron chi connectivity index (χ2n) is 8.02. The molecular weight excluding hydrogens is 468 g/mol. The van der Waals surface area contributed by atoms with Gasteiger partial charge >= 0.3 is 0 Å². The van der Waals surface area contributed by atoms with Gasteiger partial charge in [-0.15, -0.1) is 11.3 Å². The van der Waals surface area contributed by atoms with Gasteiger partial charge in [-0.25, -0.2) is 4.98 Å². The van der Waals surface area contributed by atoms with Crippen LogP contribution in [-0.2, 0) is 11.2 Å².